The first-order valence-corrected chi connectivity index (χ1v) is 2.10. The van der Waals surface area contributed by atoms with Crippen LogP contribution in [0.1, 0.15) is 0 Å². The predicted molar refractivity (Wildman–Crippen MR) is 27.6 cm³/mol. The van der Waals surface area contributed by atoms with Crippen molar-refractivity contribution in [1.82, 2.24) is 5.32 Å². The quantitative estimate of drug-likeness (QED) is 0.540. The molecule has 0 rings (SSSR count). The molecule has 0 aromatic rings. The van der Waals surface area contributed by atoms with Crippen molar-refractivity contribution in [1.29, 1.82) is 0 Å². The Morgan fingerprint density at radius 2 is 2.38 bits per heavy atom. The number of hydrogen-bond donors (Lipinski definition) is 2. The van der Waals surface area contributed by atoms with Crippen LogP contribution in [-0.4, -0.2) is 25.9 Å². The van der Waals surface area contributed by atoms with Gasteiger partial charge in [0.05, 0.1) is 0 Å². The maximum atomic E-state index is 9.70. The molecule has 3 N–H and O–H groups in total. The van der Waals surface area contributed by atoms with Gasteiger partial charge >= 0.3 is 0 Å². The topological polar surface area (TPSA) is 55.1 Å². The molecule has 1 radical (unpaired) electrons. The summed E-state index contributed by atoms with van der Waals surface area (Å²) in [6.45, 7) is 0.319. The van der Waals surface area contributed by atoms with Crippen molar-refractivity contribution in [2.45, 2.75) is 6.04 Å². The van der Waals surface area contributed by atoms with E-state index in [9.17, 15) is 4.79 Å². The third kappa shape index (κ3) is 4.84. The minimum Gasteiger partial charge on any atom is -0.540 e. The van der Waals surface area contributed by atoms with Gasteiger partial charge in [-0.25, -0.2) is 6.29 Å². The van der Waals surface area contributed by atoms with Crippen molar-refractivity contribution >= 4 is 6.29 Å². The van der Waals surface area contributed by atoms with Crippen LogP contribution < -0.4 is 11.1 Å². The van der Waals surface area contributed by atoms with Gasteiger partial charge in [-0.3, -0.25) is 0 Å². The third-order valence-corrected chi connectivity index (χ3v) is 0.726. The van der Waals surface area contributed by atoms with E-state index in [0.29, 0.717) is 6.54 Å². The summed E-state index contributed by atoms with van der Waals surface area (Å²) in [7, 11) is 1.67. The number of nitrogens with one attached hydrogen (secondary N) is 1. The van der Waals surface area contributed by atoms with Crippen molar-refractivity contribution in [3.63, 3.8) is 0 Å². The summed E-state index contributed by atoms with van der Waals surface area (Å²) >= 11 is 0. The molecule has 4 heteroatoms. The van der Waals surface area contributed by atoms with E-state index in [1.165, 1.54) is 0 Å². The maximum absolute atomic E-state index is 9.70. The zero-order valence-electron chi connectivity index (χ0n) is 4.85. The second-order valence-corrected chi connectivity index (χ2v) is 1.19. The summed E-state index contributed by atoms with van der Waals surface area (Å²) in [4.78, 5) is 9.70. The van der Waals surface area contributed by atoms with Crippen LogP contribution in [0.2, 0.25) is 0 Å². The van der Waals surface area contributed by atoms with E-state index in [1.807, 2.05) is 0 Å². The smallest absolute Gasteiger partial charge is 0 e. The van der Waals surface area contributed by atoms with Gasteiger partial charge in [-0.1, -0.05) is 6.04 Å². The van der Waals surface area contributed by atoms with Gasteiger partial charge in [-0.15, -0.1) is 0 Å². The number of likely N-dealkylation sites (N-methyl/N-ethyl adjacent to an activating group) is 1. The molecule has 0 aromatic heterocycles. The largest absolute Gasteiger partial charge is 0.540 e. The van der Waals surface area contributed by atoms with Gasteiger partial charge in [0.15, 0.2) is 0 Å². The minimum atomic E-state index is -0.292. The fourth-order valence-electron chi connectivity index (χ4n) is 0.225. The first-order valence-electron chi connectivity index (χ1n) is 2.10. The van der Waals surface area contributed by atoms with Gasteiger partial charge in [-0.05, 0) is 13.6 Å². The van der Waals surface area contributed by atoms with Crippen LogP contribution >= 0.6 is 0 Å². The summed E-state index contributed by atoms with van der Waals surface area (Å²) < 4.78 is 0. The number of carbonyl (C=O) groups excluding carboxylic acids is 1. The molecule has 8 heavy (non-hydrogen) atoms. The predicted octanol–water partition coefficient (Wildman–Crippen LogP) is -1.36. The van der Waals surface area contributed by atoms with E-state index in [0.717, 1.165) is 0 Å². The van der Waals surface area contributed by atoms with Crippen molar-refractivity contribution < 1.29 is 37.5 Å². The molecule has 0 heterocycles. The van der Waals surface area contributed by atoms with Crippen molar-refractivity contribution in [3.8, 4) is 0 Å². The van der Waals surface area contributed by atoms with Crippen LogP contribution in [0.25, 0.3) is 0 Å². The van der Waals surface area contributed by atoms with E-state index >= 15 is 0 Å². The zero-order chi connectivity index (χ0) is 5.70. The Morgan fingerprint density at radius 1 is 1.88 bits per heavy atom. The Bertz CT molecular complexity index is 56.0. The Hall–Kier alpha value is 0.694. The molecule has 0 aromatic carbocycles. The van der Waals surface area contributed by atoms with Crippen LogP contribution in [-0.2, 0) is 37.5 Å². The van der Waals surface area contributed by atoms with Crippen LogP contribution in [0, 0.1) is 0 Å². The molecule has 1 atom stereocenters. The molecule has 0 bridgehead atoms. The van der Waals surface area contributed by atoms with Gasteiger partial charge in [0, 0.05) is 32.7 Å². The van der Waals surface area contributed by atoms with Gasteiger partial charge in [0.25, 0.3) is 0 Å². The second-order valence-electron chi connectivity index (χ2n) is 1.19. The molecule has 0 saturated heterocycles. The summed E-state index contributed by atoms with van der Waals surface area (Å²) in [5, 5.41) is 2.65. The molecule has 0 fully saturated rings. The van der Waals surface area contributed by atoms with Crippen molar-refractivity contribution in [2.24, 2.45) is 5.73 Å². The van der Waals surface area contributed by atoms with Gasteiger partial charge < -0.3 is 15.8 Å². The average Bonchev–Trinajstić information content (AvgIpc) is 1.72. The van der Waals surface area contributed by atoms with Crippen molar-refractivity contribution in [2.75, 3.05) is 13.6 Å². The van der Waals surface area contributed by atoms with E-state index in [1.54, 1.807) is 13.3 Å². The molecule has 0 aliphatic carbocycles. The molecule has 0 saturated carbocycles. The molecule has 0 amide bonds. The fourth-order valence-corrected chi connectivity index (χ4v) is 0.225. The van der Waals surface area contributed by atoms with Crippen LogP contribution in [0.5, 0.6) is 0 Å². The van der Waals surface area contributed by atoms with E-state index in [-0.39, 0.29) is 38.8 Å². The Kier molecular flexibility index (Phi) is 11.0. The number of rotatable bonds is 3. The van der Waals surface area contributed by atoms with Crippen molar-refractivity contribution in [3.05, 3.63) is 0 Å². The molecule has 0 aliphatic rings. The monoisotopic (exact) mass is 190 g/mol. The number of hydrogen-bond acceptors (Lipinski definition) is 3. The fraction of sp³-hybridized carbons (Fsp3) is 0.750. The SMILES string of the molecule is CNC([C-]=O)CN.[Y]. The summed E-state index contributed by atoms with van der Waals surface area (Å²) in [5.74, 6) is 0. The molecule has 0 aliphatic heterocycles. The normalized spacial score (nSPS) is 11.8. The van der Waals surface area contributed by atoms with Crippen LogP contribution in [0.15, 0.2) is 0 Å². The molecule has 3 nitrogen and oxygen atoms in total. The van der Waals surface area contributed by atoms with E-state index < -0.39 is 0 Å². The average molecular weight is 190 g/mol. The van der Waals surface area contributed by atoms with Gasteiger partial charge in [0.1, 0.15) is 0 Å². The van der Waals surface area contributed by atoms with E-state index in [4.69, 9.17) is 5.73 Å². The van der Waals surface area contributed by atoms with E-state index in [2.05, 4.69) is 5.32 Å². The summed E-state index contributed by atoms with van der Waals surface area (Å²) in [6, 6.07) is -0.292. The number of nitrogens with two attached hydrogens (primary N) is 1. The first-order chi connectivity index (χ1) is 3.35. The first kappa shape index (κ1) is 11.5. The Morgan fingerprint density at radius 3 is 2.38 bits per heavy atom. The van der Waals surface area contributed by atoms with Gasteiger partial charge in [-0.2, -0.15) is 0 Å². The Labute approximate surface area is 74.3 Å². The second kappa shape index (κ2) is 7.69. The summed E-state index contributed by atoms with van der Waals surface area (Å²) in [5.41, 5.74) is 5.07. The maximum Gasteiger partial charge on any atom is 0 e. The minimum absolute atomic E-state index is 0. The van der Waals surface area contributed by atoms with Crippen LogP contribution in [0.3, 0.4) is 0 Å². The zero-order valence-corrected chi connectivity index (χ0v) is 7.69. The molecule has 0 spiro atoms. The summed E-state index contributed by atoms with van der Waals surface area (Å²) in [6.07, 6.45) is 1.72. The Balaban J connectivity index is 0. The molecular formula is C4H9N2OY-. The van der Waals surface area contributed by atoms with Gasteiger partial charge in [0.2, 0.25) is 0 Å². The standard InChI is InChI=1S/C4H9N2O.Y/c1-6-4(2-5)3-7;/h4,6H,2,5H2,1H3;/q-1;. The van der Waals surface area contributed by atoms with Crippen LogP contribution in [0.4, 0.5) is 0 Å². The third-order valence-electron chi connectivity index (χ3n) is 0.726. The molecule has 1 unspecified atom stereocenters. The molecular weight excluding hydrogens is 181 g/mol. The molecule has 45 valence electrons.